The van der Waals surface area contributed by atoms with E-state index in [1.165, 1.54) is 25.7 Å². The second kappa shape index (κ2) is 3.11. The van der Waals surface area contributed by atoms with Gasteiger partial charge in [0.15, 0.2) is 0 Å². The molecule has 0 spiro atoms. The van der Waals surface area contributed by atoms with Gasteiger partial charge in [-0.25, -0.2) is 0 Å². The minimum Gasteiger partial charge on any atom is -0.391 e. The number of hydrogen-bond donors (Lipinski definition) is 2. The first-order valence-electron chi connectivity index (χ1n) is 4.75. The van der Waals surface area contributed by atoms with Crippen molar-refractivity contribution < 1.29 is 5.11 Å². The van der Waals surface area contributed by atoms with Crippen molar-refractivity contribution in [3.8, 4) is 0 Å². The van der Waals surface area contributed by atoms with E-state index in [9.17, 15) is 5.11 Å². The summed E-state index contributed by atoms with van der Waals surface area (Å²) in [4.78, 5) is 0. The molecule has 0 aromatic carbocycles. The Labute approximate surface area is 68.0 Å². The van der Waals surface area contributed by atoms with Gasteiger partial charge in [-0.1, -0.05) is 19.3 Å². The predicted octanol–water partition coefficient (Wildman–Crippen LogP) is 0.757. The molecule has 2 aliphatic rings. The molecule has 1 saturated heterocycles. The molecule has 2 heteroatoms. The van der Waals surface area contributed by atoms with E-state index in [1.807, 2.05) is 0 Å². The maximum absolute atomic E-state index is 9.46. The van der Waals surface area contributed by atoms with Gasteiger partial charge in [0.05, 0.1) is 6.10 Å². The lowest BCUT2D eigenvalue weighted by Crippen LogP contribution is -2.17. The summed E-state index contributed by atoms with van der Waals surface area (Å²) in [7, 11) is 0. The maximum atomic E-state index is 9.46. The van der Waals surface area contributed by atoms with E-state index in [2.05, 4.69) is 5.32 Å². The molecule has 2 N–H and O–H groups in total. The fourth-order valence-corrected chi connectivity index (χ4v) is 1.87. The summed E-state index contributed by atoms with van der Waals surface area (Å²) in [5, 5.41) is 12.7. The Hall–Kier alpha value is -0.0800. The number of hydrogen-bond acceptors (Lipinski definition) is 2. The highest BCUT2D eigenvalue weighted by Gasteiger charge is 2.28. The molecule has 2 fully saturated rings. The Morgan fingerprint density at radius 2 is 2.00 bits per heavy atom. The Balaban J connectivity index is 1.67. The normalized spacial score (nSPS) is 37.9. The van der Waals surface area contributed by atoms with E-state index in [1.54, 1.807) is 0 Å². The predicted molar refractivity (Wildman–Crippen MR) is 44.3 cm³/mol. The van der Waals surface area contributed by atoms with Crippen LogP contribution in [0.2, 0.25) is 0 Å². The molecule has 11 heavy (non-hydrogen) atoms. The topological polar surface area (TPSA) is 32.3 Å². The first kappa shape index (κ1) is 7.56. The summed E-state index contributed by atoms with van der Waals surface area (Å²) < 4.78 is 0. The third-order valence-electron chi connectivity index (χ3n) is 2.95. The third kappa shape index (κ3) is 1.94. The summed E-state index contributed by atoms with van der Waals surface area (Å²) in [5.74, 6) is 1.57. The highest BCUT2D eigenvalue weighted by atomic mass is 16.3. The molecule has 2 nitrogen and oxygen atoms in total. The van der Waals surface area contributed by atoms with Crippen LogP contribution >= 0.6 is 0 Å². The van der Waals surface area contributed by atoms with Crippen LogP contribution in [-0.4, -0.2) is 24.3 Å². The summed E-state index contributed by atoms with van der Waals surface area (Å²) in [6, 6.07) is 0. The van der Waals surface area contributed by atoms with Crippen LogP contribution in [0.5, 0.6) is 0 Å². The van der Waals surface area contributed by atoms with Crippen molar-refractivity contribution in [1.29, 1.82) is 0 Å². The molecule has 2 rings (SSSR count). The van der Waals surface area contributed by atoms with Gasteiger partial charge in [0, 0.05) is 13.1 Å². The van der Waals surface area contributed by atoms with E-state index < -0.39 is 0 Å². The first-order valence-corrected chi connectivity index (χ1v) is 4.75. The quantitative estimate of drug-likeness (QED) is 0.630. The average molecular weight is 155 g/mol. The van der Waals surface area contributed by atoms with Gasteiger partial charge in [0.2, 0.25) is 0 Å². The summed E-state index contributed by atoms with van der Waals surface area (Å²) >= 11 is 0. The maximum Gasteiger partial charge on any atom is 0.0704 e. The van der Waals surface area contributed by atoms with Gasteiger partial charge in [-0.15, -0.1) is 0 Å². The standard InChI is InChI=1S/C9H17NO/c11-9-6-10-5-8(9)4-3-7-1-2-7/h7-11H,1-6H2. The third-order valence-corrected chi connectivity index (χ3v) is 2.95. The lowest BCUT2D eigenvalue weighted by molar-refractivity contribution is 0.141. The second-order valence-electron chi connectivity index (χ2n) is 4.01. The van der Waals surface area contributed by atoms with Crippen molar-refractivity contribution in [1.82, 2.24) is 5.32 Å². The van der Waals surface area contributed by atoms with Gasteiger partial charge in [0.25, 0.3) is 0 Å². The molecule has 64 valence electrons. The molecule has 1 saturated carbocycles. The highest BCUT2D eigenvalue weighted by molar-refractivity contribution is 4.82. The summed E-state index contributed by atoms with van der Waals surface area (Å²) in [5.41, 5.74) is 0. The molecular formula is C9H17NO. The number of aliphatic hydroxyl groups excluding tert-OH is 1. The highest BCUT2D eigenvalue weighted by Crippen LogP contribution is 2.35. The van der Waals surface area contributed by atoms with Gasteiger partial charge in [0.1, 0.15) is 0 Å². The molecule has 1 heterocycles. The molecule has 0 amide bonds. The largest absolute Gasteiger partial charge is 0.391 e. The van der Waals surface area contributed by atoms with Crippen molar-refractivity contribution in [2.45, 2.75) is 31.8 Å². The number of nitrogens with one attached hydrogen (secondary N) is 1. The Bertz CT molecular complexity index is 134. The molecule has 2 unspecified atom stereocenters. The summed E-state index contributed by atoms with van der Waals surface area (Å²) in [6.45, 7) is 1.85. The Morgan fingerprint density at radius 1 is 1.18 bits per heavy atom. The zero-order valence-electron chi connectivity index (χ0n) is 6.92. The second-order valence-corrected chi connectivity index (χ2v) is 4.01. The van der Waals surface area contributed by atoms with E-state index in [0.717, 1.165) is 19.0 Å². The van der Waals surface area contributed by atoms with E-state index in [-0.39, 0.29) is 6.10 Å². The molecule has 2 atom stereocenters. The SMILES string of the molecule is OC1CNCC1CCC1CC1. The molecule has 0 aromatic rings. The molecular weight excluding hydrogens is 138 g/mol. The van der Waals surface area contributed by atoms with Gasteiger partial charge in [-0.2, -0.15) is 0 Å². The fourth-order valence-electron chi connectivity index (χ4n) is 1.87. The zero-order chi connectivity index (χ0) is 7.68. The van der Waals surface area contributed by atoms with Gasteiger partial charge in [-0.05, 0) is 18.3 Å². The van der Waals surface area contributed by atoms with Crippen LogP contribution in [0.3, 0.4) is 0 Å². The fraction of sp³-hybridized carbons (Fsp3) is 1.00. The van der Waals surface area contributed by atoms with Crippen LogP contribution < -0.4 is 5.32 Å². The van der Waals surface area contributed by atoms with Crippen LogP contribution in [0.1, 0.15) is 25.7 Å². The molecule has 0 radical (unpaired) electrons. The zero-order valence-corrected chi connectivity index (χ0v) is 6.92. The van der Waals surface area contributed by atoms with E-state index >= 15 is 0 Å². The van der Waals surface area contributed by atoms with Crippen molar-refractivity contribution in [3.63, 3.8) is 0 Å². The minimum atomic E-state index is -0.0613. The van der Waals surface area contributed by atoms with Crippen molar-refractivity contribution in [3.05, 3.63) is 0 Å². The monoisotopic (exact) mass is 155 g/mol. The molecule has 1 aliphatic heterocycles. The molecule has 0 aromatic heterocycles. The van der Waals surface area contributed by atoms with Crippen LogP contribution in [0.4, 0.5) is 0 Å². The van der Waals surface area contributed by atoms with Crippen molar-refractivity contribution in [2.75, 3.05) is 13.1 Å². The van der Waals surface area contributed by atoms with Gasteiger partial charge in [-0.3, -0.25) is 0 Å². The van der Waals surface area contributed by atoms with Crippen LogP contribution in [0.15, 0.2) is 0 Å². The molecule has 0 bridgehead atoms. The number of aliphatic hydroxyl groups is 1. The average Bonchev–Trinajstić information content (AvgIpc) is 2.73. The van der Waals surface area contributed by atoms with Crippen molar-refractivity contribution >= 4 is 0 Å². The first-order chi connectivity index (χ1) is 5.36. The van der Waals surface area contributed by atoms with Gasteiger partial charge < -0.3 is 10.4 Å². The van der Waals surface area contributed by atoms with E-state index in [0.29, 0.717) is 5.92 Å². The molecule has 1 aliphatic carbocycles. The van der Waals surface area contributed by atoms with Crippen LogP contribution in [-0.2, 0) is 0 Å². The van der Waals surface area contributed by atoms with Gasteiger partial charge >= 0.3 is 0 Å². The Morgan fingerprint density at radius 3 is 2.55 bits per heavy atom. The Kier molecular flexibility index (Phi) is 2.14. The van der Waals surface area contributed by atoms with Crippen LogP contribution in [0, 0.1) is 11.8 Å². The van der Waals surface area contributed by atoms with E-state index in [4.69, 9.17) is 0 Å². The van der Waals surface area contributed by atoms with Crippen LogP contribution in [0.25, 0.3) is 0 Å². The summed E-state index contributed by atoms with van der Waals surface area (Å²) in [6.07, 6.45) is 5.41. The smallest absolute Gasteiger partial charge is 0.0704 e. The van der Waals surface area contributed by atoms with Crippen molar-refractivity contribution in [2.24, 2.45) is 11.8 Å². The minimum absolute atomic E-state index is 0.0613. The number of β-amino-alcohol motifs (C(OH)–C–C–N with tert-alkyl or cyclic N) is 1. The lowest BCUT2D eigenvalue weighted by atomic mass is 9.98. The lowest BCUT2D eigenvalue weighted by Gasteiger charge is -2.11. The number of rotatable bonds is 3.